The summed E-state index contributed by atoms with van der Waals surface area (Å²) < 4.78 is 5.59. The van der Waals surface area contributed by atoms with Crippen molar-refractivity contribution in [3.8, 4) is 16.3 Å². The van der Waals surface area contributed by atoms with Crippen molar-refractivity contribution in [2.75, 3.05) is 5.32 Å². The molecule has 3 heterocycles. The van der Waals surface area contributed by atoms with Gasteiger partial charge in [0.25, 0.3) is 11.1 Å². The number of aliphatic hydroxyl groups excluding tert-OH is 1. The van der Waals surface area contributed by atoms with Gasteiger partial charge in [-0.15, -0.1) is 5.10 Å². The molecule has 8 nitrogen and oxygen atoms in total. The van der Waals surface area contributed by atoms with Gasteiger partial charge in [-0.1, -0.05) is 41.0 Å². The highest BCUT2D eigenvalue weighted by Gasteiger charge is 2.18. The Morgan fingerprint density at radius 3 is 2.75 bits per heavy atom. The second-order valence-corrected chi connectivity index (χ2v) is 8.15. The van der Waals surface area contributed by atoms with Crippen LogP contribution in [0.15, 0.2) is 54.9 Å². The third-order valence-corrected chi connectivity index (χ3v) is 5.50. The van der Waals surface area contributed by atoms with E-state index in [1.807, 2.05) is 37.3 Å². The fourth-order valence-corrected chi connectivity index (χ4v) is 3.70. The van der Waals surface area contributed by atoms with Gasteiger partial charge >= 0.3 is 0 Å². The van der Waals surface area contributed by atoms with E-state index in [9.17, 15) is 9.90 Å². The zero-order valence-electron chi connectivity index (χ0n) is 16.9. The Morgan fingerprint density at radius 2 is 1.97 bits per heavy atom. The van der Waals surface area contributed by atoms with Gasteiger partial charge in [0.15, 0.2) is 0 Å². The summed E-state index contributed by atoms with van der Waals surface area (Å²) in [5.74, 6) is -0.387. The lowest BCUT2D eigenvalue weighted by Crippen LogP contribution is -2.14. The molecular weight excluding hydrogens is 450 g/mol. The second kappa shape index (κ2) is 9.82. The average molecular weight is 468 g/mol. The fraction of sp³-hybridized carbons (Fsp3) is 0.136. The van der Waals surface area contributed by atoms with Crippen molar-refractivity contribution in [3.63, 3.8) is 0 Å². The molecule has 4 rings (SSSR count). The SMILES string of the molecule is Cc1cc(-c2ccccc2CO)c(C(=O)Nc2nnc(OCc3ccc(Cl)cn3)s2)cn1. The lowest BCUT2D eigenvalue weighted by Gasteiger charge is -2.12. The predicted octanol–water partition coefficient (Wildman–Crippen LogP) is 4.28. The number of pyridine rings is 2. The van der Waals surface area contributed by atoms with E-state index in [4.69, 9.17) is 16.3 Å². The number of benzene rings is 1. The Hall–Kier alpha value is -3.40. The summed E-state index contributed by atoms with van der Waals surface area (Å²) in [5, 5.41) is 21.5. The number of rotatable bonds is 7. The van der Waals surface area contributed by atoms with Gasteiger partial charge in [-0.3, -0.25) is 20.1 Å². The number of hydrogen-bond acceptors (Lipinski definition) is 8. The molecule has 162 valence electrons. The maximum absolute atomic E-state index is 13.0. The molecule has 0 fully saturated rings. The van der Waals surface area contributed by atoms with Crippen LogP contribution in [-0.2, 0) is 13.2 Å². The minimum Gasteiger partial charge on any atom is -0.462 e. The van der Waals surface area contributed by atoms with E-state index in [1.165, 1.54) is 12.4 Å². The molecule has 0 spiro atoms. The Labute approximate surface area is 192 Å². The Balaban J connectivity index is 1.51. The van der Waals surface area contributed by atoms with Crippen molar-refractivity contribution in [3.05, 3.63) is 82.4 Å². The number of aromatic nitrogens is 4. The molecule has 32 heavy (non-hydrogen) atoms. The van der Waals surface area contributed by atoms with E-state index < -0.39 is 0 Å². The summed E-state index contributed by atoms with van der Waals surface area (Å²) in [4.78, 5) is 21.4. The van der Waals surface area contributed by atoms with Gasteiger partial charge in [0.05, 0.1) is 22.9 Å². The molecule has 0 atom stereocenters. The van der Waals surface area contributed by atoms with Gasteiger partial charge in [-0.05, 0) is 53.1 Å². The Bertz CT molecular complexity index is 1250. The Kier molecular flexibility index (Phi) is 6.69. The van der Waals surface area contributed by atoms with Gasteiger partial charge < -0.3 is 9.84 Å². The molecule has 1 amide bonds. The number of amides is 1. The van der Waals surface area contributed by atoms with E-state index in [2.05, 4.69) is 25.5 Å². The molecule has 0 saturated carbocycles. The summed E-state index contributed by atoms with van der Waals surface area (Å²) in [6, 6.07) is 12.7. The first-order valence-electron chi connectivity index (χ1n) is 9.57. The number of nitrogens with one attached hydrogen (secondary N) is 1. The molecular formula is C22H18ClN5O3S. The van der Waals surface area contributed by atoms with Gasteiger partial charge in [0.2, 0.25) is 5.13 Å². The predicted molar refractivity (Wildman–Crippen MR) is 122 cm³/mol. The summed E-state index contributed by atoms with van der Waals surface area (Å²) >= 11 is 6.93. The van der Waals surface area contributed by atoms with Crippen LogP contribution in [0.3, 0.4) is 0 Å². The number of carbonyl (C=O) groups excluding carboxylic acids is 1. The van der Waals surface area contributed by atoms with Crippen molar-refractivity contribution in [1.82, 2.24) is 20.2 Å². The van der Waals surface area contributed by atoms with Crippen LogP contribution in [0.1, 0.15) is 27.3 Å². The third-order valence-electron chi connectivity index (χ3n) is 4.52. The van der Waals surface area contributed by atoms with Crippen LogP contribution in [0, 0.1) is 6.92 Å². The molecule has 4 aromatic rings. The van der Waals surface area contributed by atoms with Crippen molar-refractivity contribution in [2.24, 2.45) is 0 Å². The van der Waals surface area contributed by atoms with Crippen LogP contribution in [0.2, 0.25) is 5.02 Å². The van der Waals surface area contributed by atoms with Crippen molar-refractivity contribution in [2.45, 2.75) is 20.1 Å². The van der Waals surface area contributed by atoms with Crippen LogP contribution in [0.5, 0.6) is 5.19 Å². The molecule has 0 aliphatic rings. The van der Waals surface area contributed by atoms with Crippen LogP contribution < -0.4 is 10.1 Å². The normalized spacial score (nSPS) is 10.7. The van der Waals surface area contributed by atoms with Crippen LogP contribution in [-0.4, -0.2) is 31.2 Å². The molecule has 0 radical (unpaired) electrons. The topological polar surface area (TPSA) is 110 Å². The molecule has 1 aromatic carbocycles. The standard InChI is InChI=1S/C22H18ClN5O3S/c1-13-8-18(17-5-3-2-4-14(17)11-29)19(10-24-13)20(30)26-21-27-28-22(32-21)31-12-16-7-6-15(23)9-25-16/h2-10,29H,11-12H2,1H3,(H,26,27,30). The first kappa shape index (κ1) is 21.8. The minimum absolute atomic E-state index is 0.141. The molecule has 0 aliphatic carbocycles. The first-order valence-corrected chi connectivity index (χ1v) is 10.8. The van der Waals surface area contributed by atoms with Crippen molar-refractivity contribution >= 4 is 34.0 Å². The molecule has 2 N–H and O–H groups in total. The van der Waals surface area contributed by atoms with Gasteiger partial charge in [0, 0.05) is 18.1 Å². The van der Waals surface area contributed by atoms with Gasteiger partial charge in [-0.25, -0.2) is 0 Å². The molecule has 0 unspecified atom stereocenters. The maximum atomic E-state index is 13.0. The fourth-order valence-electron chi connectivity index (χ4n) is 3.00. The largest absolute Gasteiger partial charge is 0.462 e. The number of halogens is 1. The molecule has 0 aliphatic heterocycles. The van der Waals surface area contributed by atoms with E-state index in [0.717, 1.165) is 28.2 Å². The van der Waals surface area contributed by atoms with E-state index >= 15 is 0 Å². The quantitative estimate of drug-likeness (QED) is 0.417. The lowest BCUT2D eigenvalue weighted by atomic mass is 9.96. The molecule has 10 heteroatoms. The van der Waals surface area contributed by atoms with Crippen LogP contribution in [0.4, 0.5) is 5.13 Å². The third kappa shape index (κ3) is 5.08. The monoisotopic (exact) mass is 467 g/mol. The maximum Gasteiger partial charge on any atom is 0.296 e. The number of hydrogen-bond donors (Lipinski definition) is 2. The highest BCUT2D eigenvalue weighted by atomic mass is 35.5. The second-order valence-electron chi connectivity index (χ2n) is 6.77. The van der Waals surface area contributed by atoms with E-state index in [0.29, 0.717) is 27.0 Å². The number of nitrogens with zero attached hydrogens (tertiary/aromatic N) is 4. The molecule has 0 bridgehead atoms. The van der Waals surface area contributed by atoms with Crippen LogP contribution >= 0.6 is 22.9 Å². The zero-order chi connectivity index (χ0) is 22.5. The van der Waals surface area contributed by atoms with Crippen molar-refractivity contribution in [1.29, 1.82) is 0 Å². The summed E-state index contributed by atoms with van der Waals surface area (Å²) in [7, 11) is 0. The summed E-state index contributed by atoms with van der Waals surface area (Å²) in [5.41, 5.74) is 3.96. The first-order chi connectivity index (χ1) is 15.5. The Morgan fingerprint density at radius 1 is 1.12 bits per heavy atom. The number of anilines is 1. The number of ether oxygens (including phenoxy) is 1. The highest BCUT2D eigenvalue weighted by Crippen LogP contribution is 2.29. The van der Waals surface area contributed by atoms with Gasteiger partial charge in [-0.2, -0.15) is 0 Å². The van der Waals surface area contributed by atoms with E-state index in [-0.39, 0.29) is 24.3 Å². The number of carbonyl (C=O) groups is 1. The van der Waals surface area contributed by atoms with Crippen molar-refractivity contribution < 1.29 is 14.6 Å². The average Bonchev–Trinajstić information content (AvgIpc) is 3.25. The number of aryl methyl sites for hydroxylation is 1. The lowest BCUT2D eigenvalue weighted by molar-refractivity contribution is 0.102. The highest BCUT2D eigenvalue weighted by molar-refractivity contribution is 7.17. The van der Waals surface area contributed by atoms with Gasteiger partial charge in [0.1, 0.15) is 6.61 Å². The molecule has 3 aromatic heterocycles. The summed E-state index contributed by atoms with van der Waals surface area (Å²) in [6.07, 6.45) is 3.05. The smallest absolute Gasteiger partial charge is 0.296 e. The van der Waals surface area contributed by atoms with E-state index in [1.54, 1.807) is 12.1 Å². The molecule has 0 saturated heterocycles. The number of aliphatic hydroxyl groups is 1. The van der Waals surface area contributed by atoms with Crippen LogP contribution in [0.25, 0.3) is 11.1 Å². The zero-order valence-corrected chi connectivity index (χ0v) is 18.5. The minimum atomic E-state index is -0.387. The summed E-state index contributed by atoms with van der Waals surface area (Å²) in [6.45, 7) is 1.90.